The Morgan fingerprint density at radius 3 is 2.83 bits per heavy atom. The van der Waals surface area contributed by atoms with Crippen LogP contribution in [0.15, 0.2) is 42.5 Å². The Morgan fingerprint density at radius 2 is 2.09 bits per heavy atom. The Hall–Kier alpha value is -1.83. The van der Waals surface area contributed by atoms with Crippen LogP contribution in [0.5, 0.6) is 5.75 Å². The molecule has 3 rings (SSSR count). The van der Waals surface area contributed by atoms with Crippen LogP contribution in [-0.2, 0) is 11.2 Å². The molecule has 0 amide bonds. The molecule has 0 aromatic heterocycles. The molecule has 1 heterocycles. The minimum absolute atomic E-state index is 0.618. The number of benzene rings is 2. The van der Waals surface area contributed by atoms with Gasteiger partial charge in [-0.05, 0) is 64.7 Å². The highest BCUT2D eigenvalue weighted by atomic mass is 35.5. The lowest BCUT2D eigenvalue weighted by Crippen LogP contribution is -2.09. The van der Waals surface area contributed by atoms with Crippen molar-refractivity contribution in [1.82, 2.24) is 0 Å². The van der Waals surface area contributed by atoms with Crippen LogP contribution in [-0.4, -0.2) is 17.7 Å². The maximum atomic E-state index is 11.3. The molecule has 3 nitrogen and oxygen atoms in total. The summed E-state index contributed by atoms with van der Waals surface area (Å²) < 4.78 is 5.63. The first kappa shape index (κ1) is 16.0. The van der Waals surface area contributed by atoms with E-state index in [2.05, 4.69) is 9.24 Å². The molecule has 0 fully saturated rings. The molecule has 5 heteroatoms. The summed E-state index contributed by atoms with van der Waals surface area (Å²) in [4.78, 5) is 11.3. The molecule has 0 aliphatic carbocycles. The van der Waals surface area contributed by atoms with Gasteiger partial charge in [0.25, 0.3) is 0 Å². The van der Waals surface area contributed by atoms with Gasteiger partial charge in [-0.15, -0.1) is 9.24 Å². The van der Waals surface area contributed by atoms with Crippen molar-refractivity contribution in [2.45, 2.75) is 12.8 Å². The molecule has 0 spiro atoms. The molecule has 118 valence electrons. The minimum atomic E-state index is -0.978. The fraction of sp³-hybridized carbons (Fsp3) is 0.167. The van der Waals surface area contributed by atoms with Crippen molar-refractivity contribution in [2.75, 3.05) is 6.61 Å². The van der Waals surface area contributed by atoms with Gasteiger partial charge in [0.2, 0.25) is 0 Å². The van der Waals surface area contributed by atoms with E-state index in [-0.39, 0.29) is 0 Å². The number of aliphatic carboxylic acids is 1. The second-order valence-electron chi connectivity index (χ2n) is 5.40. The maximum Gasteiger partial charge on any atom is 0.328 e. The highest BCUT2D eigenvalue weighted by Gasteiger charge is 2.15. The fourth-order valence-electron chi connectivity index (χ4n) is 2.75. The zero-order valence-electron chi connectivity index (χ0n) is 12.4. The zero-order chi connectivity index (χ0) is 16.4. The summed E-state index contributed by atoms with van der Waals surface area (Å²) in [6, 6.07) is 11.2. The molecule has 2 aromatic carbocycles. The summed E-state index contributed by atoms with van der Waals surface area (Å²) in [5, 5.41) is 10.7. The van der Waals surface area contributed by atoms with Gasteiger partial charge in [-0.2, -0.15) is 0 Å². The molecule has 0 saturated carbocycles. The van der Waals surface area contributed by atoms with Crippen molar-refractivity contribution in [1.29, 1.82) is 0 Å². The number of aryl methyl sites for hydroxylation is 1. The predicted octanol–water partition coefficient (Wildman–Crippen LogP) is 3.68. The van der Waals surface area contributed by atoms with Gasteiger partial charge in [-0.1, -0.05) is 23.7 Å². The molecule has 1 atom stereocenters. The summed E-state index contributed by atoms with van der Waals surface area (Å²) in [5.74, 6) is -0.0924. The number of hydrogen-bond donors (Lipinski definition) is 1. The molecule has 23 heavy (non-hydrogen) atoms. The Bertz CT molecular complexity index is 799. The molecule has 1 N–H and O–H groups in total. The lowest BCUT2D eigenvalue weighted by atomic mass is 9.94. The molecule has 0 bridgehead atoms. The SMILES string of the molecule is O=C(O)/C=C(\c1ccc2c(c1)CCCO2)c1ccc(Cl)cc1P. The highest BCUT2D eigenvalue weighted by molar-refractivity contribution is 7.27. The van der Waals surface area contributed by atoms with Gasteiger partial charge < -0.3 is 9.84 Å². The number of ether oxygens (including phenoxy) is 1. The Balaban J connectivity index is 2.12. The van der Waals surface area contributed by atoms with Crippen molar-refractivity contribution in [2.24, 2.45) is 0 Å². The van der Waals surface area contributed by atoms with Gasteiger partial charge in [-0.3, -0.25) is 0 Å². The van der Waals surface area contributed by atoms with Gasteiger partial charge in [0.1, 0.15) is 5.75 Å². The summed E-state index contributed by atoms with van der Waals surface area (Å²) in [7, 11) is 2.61. The van der Waals surface area contributed by atoms with E-state index in [1.165, 1.54) is 6.08 Å². The van der Waals surface area contributed by atoms with Crippen LogP contribution < -0.4 is 10.0 Å². The van der Waals surface area contributed by atoms with Crippen molar-refractivity contribution in [3.05, 3.63) is 64.2 Å². The topological polar surface area (TPSA) is 46.5 Å². The number of halogens is 1. The van der Waals surface area contributed by atoms with E-state index in [9.17, 15) is 9.90 Å². The number of fused-ring (bicyclic) bond motifs is 1. The molecule has 0 saturated heterocycles. The van der Waals surface area contributed by atoms with Crippen LogP contribution in [0.25, 0.3) is 5.57 Å². The van der Waals surface area contributed by atoms with E-state index in [1.54, 1.807) is 12.1 Å². The molecule has 2 aromatic rings. The van der Waals surface area contributed by atoms with Crippen molar-refractivity contribution in [3.8, 4) is 5.75 Å². The number of carboxylic acids is 1. The van der Waals surface area contributed by atoms with E-state index < -0.39 is 5.97 Å². The quantitative estimate of drug-likeness (QED) is 0.681. The van der Waals surface area contributed by atoms with E-state index in [0.717, 1.165) is 47.2 Å². The normalized spacial score (nSPS) is 14.1. The second-order valence-corrected chi connectivity index (χ2v) is 6.46. The van der Waals surface area contributed by atoms with E-state index in [0.29, 0.717) is 10.6 Å². The van der Waals surface area contributed by atoms with Crippen molar-refractivity contribution < 1.29 is 14.6 Å². The third-order valence-corrected chi connectivity index (χ3v) is 4.50. The number of hydrogen-bond acceptors (Lipinski definition) is 2. The third-order valence-electron chi connectivity index (χ3n) is 3.79. The van der Waals surface area contributed by atoms with E-state index >= 15 is 0 Å². The molecule has 1 aliphatic rings. The monoisotopic (exact) mass is 346 g/mol. The van der Waals surface area contributed by atoms with E-state index in [1.807, 2.05) is 24.3 Å². The molecule has 0 radical (unpaired) electrons. The van der Waals surface area contributed by atoms with Crippen LogP contribution >= 0.6 is 20.8 Å². The molecule has 1 unspecified atom stereocenters. The second kappa shape index (κ2) is 6.74. The largest absolute Gasteiger partial charge is 0.493 e. The zero-order valence-corrected chi connectivity index (χ0v) is 14.3. The highest BCUT2D eigenvalue weighted by Crippen LogP contribution is 2.31. The average Bonchev–Trinajstić information content (AvgIpc) is 2.52. The number of carboxylic acid groups (broad SMARTS) is 1. The fourth-order valence-corrected chi connectivity index (χ4v) is 3.46. The van der Waals surface area contributed by atoms with Crippen LogP contribution in [0.3, 0.4) is 0 Å². The predicted molar refractivity (Wildman–Crippen MR) is 95.8 cm³/mol. The van der Waals surface area contributed by atoms with Gasteiger partial charge in [-0.25, -0.2) is 4.79 Å². The van der Waals surface area contributed by atoms with Gasteiger partial charge in [0.15, 0.2) is 0 Å². The maximum absolute atomic E-state index is 11.3. The smallest absolute Gasteiger partial charge is 0.328 e. The lowest BCUT2D eigenvalue weighted by Gasteiger charge is -2.19. The lowest BCUT2D eigenvalue weighted by molar-refractivity contribution is -0.131. The van der Waals surface area contributed by atoms with Crippen LogP contribution in [0.1, 0.15) is 23.1 Å². The van der Waals surface area contributed by atoms with Crippen LogP contribution in [0, 0.1) is 0 Å². The van der Waals surface area contributed by atoms with Gasteiger partial charge >= 0.3 is 5.97 Å². The standard InChI is InChI=1S/C18H16ClO3P/c19-13-4-5-14(17(23)9-13)15(10-18(20)21)11-3-6-16-12(8-11)2-1-7-22-16/h3-6,8-10H,1-2,7,23H2,(H,20,21)/b15-10+. The average molecular weight is 347 g/mol. The summed E-state index contributed by atoms with van der Waals surface area (Å²) in [5.41, 5.74) is 3.47. The first-order chi connectivity index (χ1) is 11.0. The van der Waals surface area contributed by atoms with Gasteiger partial charge in [0.05, 0.1) is 6.61 Å². The van der Waals surface area contributed by atoms with Crippen molar-refractivity contribution >= 4 is 37.7 Å². The Morgan fingerprint density at radius 1 is 1.26 bits per heavy atom. The summed E-state index contributed by atoms with van der Waals surface area (Å²) in [6.45, 7) is 0.733. The first-order valence-corrected chi connectivity index (χ1v) is 8.26. The third kappa shape index (κ3) is 3.57. The molecular formula is C18H16ClO3P. The van der Waals surface area contributed by atoms with Crippen LogP contribution in [0.2, 0.25) is 5.02 Å². The number of rotatable bonds is 3. The van der Waals surface area contributed by atoms with Gasteiger partial charge in [0, 0.05) is 11.1 Å². The first-order valence-electron chi connectivity index (χ1n) is 7.31. The Labute approximate surface area is 142 Å². The molecule has 1 aliphatic heterocycles. The Kier molecular flexibility index (Phi) is 4.70. The van der Waals surface area contributed by atoms with Crippen molar-refractivity contribution in [3.63, 3.8) is 0 Å². The van der Waals surface area contributed by atoms with Crippen LogP contribution in [0.4, 0.5) is 0 Å². The van der Waals surface area contributed by atoms with E-state index in [4.69, 9.17) is 16.3 Å². The number of carbonyl (C=O) groups is 1. The molecular weight excluding hydrogens is 331 g/mol. The minimum Gasteiger partial charge on any atom is -0.493 e. The summed E-state index contributed by atoms with van der Waals surface area (Å²) >= 11 is 6.00. The summed E-state index contributed by atoms with van der Waals surface area (Å²) in [6.07, 6.45) is 3.16.